The molecule has 4 heteroatoms. The SMILES string of the molecule is CCc1ccc(C(=O)N2CCCC2C(=O)Nc2ccc3ccccc3c2)cc1. The first kappa shape index (κ1) is 18.2. The fraction of sp³-hybridized carbons (Fsp3) is 0.250. The zero-order chi connectivity index (χ0) is 19.5. The van der Waals surface area contributed by atoms with Gasteiger partial charge in [-0.2, -0.15) is 0 Å². The highest BCUT2D eigenvalue weighted by Crippen LogP contribution is 2.24. The first-order chi connectivity index (χ1) is 13.7. The Bertz CT molecular complexity index is 1010. The van der Waals surface area contributed by atoms with E-state index in [-0.39, 0.29) is 11.8 Å². The van der Waals surface area contributed by atoms with Crippen molar-refractivity contribution in [1.82, 2.24) is 4.90 Å². The quantitative estimate of drug-likeness (QED) is 0.725. The number of carbonyl (C=O) groups excluding carboxylic acids is 2. The average Bonchev–Trinajstić information content (AvgIpc) is 3.23. The van der Waals surface area contributed by atoms with Crippen molar-refractivity contribution in [3.8, 4) is 0 Å². The molecule has 1 unspecified atom stereocenters. The largest absolute Gasteiger partial charge is 0.327 e. The molecule has 3 aromatic carbocycles. The summed E-state index contributed by atoms with van der Waals surface area (Å²) in [7, 11) is 0. The molecule has 1 N–H and O–H groups in total. The van der Waals surface area contributed by atoms with E-state index in [9.17, 15) is 9.59 Å². The summed E-state index contributed by atoms with van der Waals surface area (Å²) >= 11 is 0. The van der Waals surface area contributed by atoms with Crippen LogP contribution in [0, 0.1) is 0 Å². The van der Waals surface area contributed by atoms with Crippen LogP contribution in [0.15, 0.2) is 66.7 Å². The zero-order valence-electron chi connectivity index (χ0n) is 16.0. The number of aryl methyl sites for hydroxylation is 1. The van der Waals surface area contributed by atoms with E-state index in [2.05, 4.69) is 12.2 Å². The molecule has 0 saturated carbocycles. The molecule has 3 aromatic rings. The first-order valence-electron chi connectivity index (χ1n) is 9.85. The fourth-order valence-electron chi connectivity index (χ4n) is 3.82. The number of rotatable bonds is 4. The number of hydrogen-bond donors (Lipinski definition) is 1. The van der Waals surface area contributed by atoms with Crippen LogP contribution in [0.5, 0.6) is 0 Å². The summed E-state index contributed by atoms with van der Waals surface area (Å²) in [5, 5.41) is 5.21. The highest BCUT2D eigenvalue weighted by molar-refractivity contribution is 6.02. The van der Waals surface area contributed by atoms with E-state index in [4.69, 9.17) is 0 Å². The number of nitrogens with zero attached hydrogens (tertiary/aromatic N) is 1. The molecule has 1 aliphatic rings. The molecular formula is C24H24N2O2. The summed E-state index contributed by atoms with van der Waals surface area (Å²) in [6.45, 7) is 2.70. The molecule has 0 aliphatic carbocycles. The van der Waals surface area contributed by atoms with Gasteiger partial charge in [0.15, 0.2) is 0 Å². The Labute approximate surface area is 165 Å². The molecule has 0 radical (unpaired) electrons. The molecule has 28 heavy (non-hydrogen) atoms. The number of hydrogen-bond acceptors (Lipinski definition) is 2. The summed E-state index contributed by atoms with van der Waals surface area (Å²) < 4.78 is 0. The lowest BCUT2D eigenvalue weighted by Crippen LogP contribution is -2.43. The minimum absolute atomic E-state index is 0.0705. The number of nitrogens with one attached hydrogen (secondary N) is 1. The van der Waals surface area contributed by atoms with Crippen LogP contribution in [-0.4, -0.2) is 29.3 Å². The van der Waals surface area contributed by atoms with Crippen molar-refractivity contribution in [1.29, 1.82) is 0 Å². The van der Waals surface area contributed by atoms with Gasteiger partial charge in [0.25, 0.3) is 5.91 Å². The van der Waals surface area contributed by atoms with Crippen molar-refractivity contribution in [3.05, 3.63) is 77.9 Å². The van der Waals surface area contributed by atoms with Gasteiger partial charge >= 0.3 is 0 Å². The van der Waals surface area contributed by atoms with E-state index in [1.165, 1.54) is 5.56 Å². The smallest absolute Gasteiger partial charge is 0.254 e. The van der Waals surface area contributed by atoms with Gasteiger partial charge in [-0.1, -0.05) is 49.4 Å². The second-order valence-corrected chi connectivity index (χ2v) is 7.26. The third-order valence-corrected chi connectivity index (χ3v) is 5.44. The van der Waals surface area contributed by atoms with E-state index in [1.54, 1.807) is 4.90 Å². The Hall–Kier alpha value is -3.14. The molecule has 4 rings (SSSR count). The van der Waals surface area contributed by atoms with Crippen LogP contribution in [0.3, 0.4) is 0 Å². The van der Waals surface area contributed by atoms with Crippen molar-refractivity contribution in [2.75, 3.05) is 11.9 Å². The summed E-state index contributed by atoms with van der Waals surface area (Å²) in [5.74, 6) is -0.190. The Morgan fingerprint density at radius 1 is 1.00 bits per heavy atom. The normalized spacial score (nSPS) is 16.3. The molecule has 0 spiro atoms. The Balaban J connectivity index is 1.49. The molecule has 1 atom stereocenters. The second-order valence-electron chi connectivity index (χ2n) is 7.26. The van der Waals surface area contributed by atoms with E-state index in [0.29, 0.717) is 18.5 Å². The van der Waals surface area contributed by atoms with Gasteiger partial charge in [0.05, 0.1) is 0 Å². The van der Waals surface area contributed by atoms with Gasteiger partial charge < -0.3 is 10.2 Å². The first-order valence-corrected chi connectivity index (χ1v) is 9.85. The number of fused-ring (bicyclic) bond motifs is 1. The number of carbonyl (C=O) groups is 2. The van der Waals surface area contributed by atoms with E-state index in [1.807, 2.05) is 66.7 Å². The Kier molecular flexibility index (Phi) is 5.11. The minimum atomic E-state index is -0.426. The summed E-state index contributed by atoms with van der Waals surface area (Å²) in [6, 6.07) is 21.2. The summed E-state index contributed by atoms with van der Waals surface area (Å²) in [4.78, 5) is 27.5. The van der Waals surface area contributed by atoms with Gasteiger partial charge in [-0.05, 0) is 59.9 Å². The Morgan fingerprint density at radius 3 is 2.50 bits per heavy atom. The predicted octanol–water partition coefficient (Wildman–Crippen LogP) is 4.65. The lowest BCUT2D eigenvalue weighted by Gasteiger charge is -2.24. The van der Waals surface area contributed by atoms with E-state index < -0.39 is 6.04 Å². The second kappa shape index (κ2) is 7.85. The van der Waals surface area contributed by atoms with Gasteiger partial charge in [0.2, 0.25) is 5.91 Å². The van der Waals surface area contributed by atoms with Crippen molar-refractivity contribution >= 4 is 28.3 Å². The maximum atomic E-state index is 12.9. The molecule has 1 saturated heterocycles. The third kappa shape index (κ3) is 3.63. The molecular weight excluding hydrogens is 348 g/mol. The van der Waals surface area contributed by atoms with Crippen molar-refractivity contribution in [2.24, 2.45) is 0 Å². The van der Waals surface area contributed by atoms with Gasteiger partial charge in [-0.25, -0.2) is 0 Å². The standard InChI is InChI=1S/C24H24N2O2/c1-2-17-9-11-19(12-10-17)24(28)26-15-5-8-22(26)23(27)25-21-14-13-18-6-3-4-7-20(18)16-21/h3-4,6-7,9-14,16,22H,2,5,8,15H2,1H3,(H,25,27). The highest BCUT2D eigenvalue weighted by Gasteiger charge is 2.34. The number of anilines is 1. The molecule has 1 heterocycles. The average molecular weight is 372 g/mol. The van der Waals surface area contributed by atoms with E-state index in [0.717, 1.165) is 29.3 Å². The van der Waals surface area contributed by atoms with Crippen LogP contribution in [0.25, 0.3) is 10.8 Å². The zero-order valence-corrected chi connectivity index (χ0v) is 16.0. The minimum Gasteiger partial charge on any atom is -0.327 e. The van der Waals surface area contributed by atoms with Crippen LogP contribution < -0.4 is 5.32 Å². The van der Waals surface area contributed by atoms with Gasteiger partial charge in [0.1, 0.15) is 6.04 Å². The number of likely N-dealkylation sites (tertiary alicyclic amines) is 1. The molecule has 0 bridgehead atoms. The maximum absolute atomic E-state index is 12.9. The number of benzene rings is 3. The van der Waals surface area contributed by atoms with Gasteiger partial charge in [0, 0.05) is 17.8 Å². The van der Waals surface area contributed by atoms with Crippen LogP contribution in [-0.2, 0) is 11.2 Å². The highest BCUT2D eigenvalue weighted by atomic mass is 16.2. The summed E-state index contributed by atoms with van der Waals surface area (Å²) in [5.41, 5.74) is 2.60. The third-order valence-electron chi connectivity index (χ3n) is 5.44. The van der Waals surface area contributed by atoms with Crippen LogP contribution in [0.4, 0.5) is 5.69 Å². The predicted molar refractivity (Wildman–Crippen MR) is 112 cm³/mol. The lowest BCUT2D eigenvalue weighted by molar-refractivity contribution is -0.119. The Morgan fingerprint density at radius 2 is 1.75 bits per heavy atom. The van der Waals surface area contributed by atoms with Crippen LogP contribution in [0.1, 0.15) is 35.7 Å². The lowest BCUT2D eigenvalue weighted by atomic mass is 10.1. The molecule has 0 aromatic heterocycles. The van der Waals surface area contributed by atoms with Gasteiger partial charge in [-0.3, -0.25) is 9.59 Å². The van der Waals surface area contributed by atoms with Crippen LogP contribution in [0.2, 0.25) is 0 Å². The van der Waals surface area contributed by atoms with E-state index >= 15 is 0 Å². The maximum Gasteiger partial charge on any atom is 0.254 e. The number of amides is 2. The molecule has 4 nitrogen and oxygen atoms in total. The molecule has 142 valence electrons. The van der Waals surface area contributed by atoms with Crippen LogP contribution >= 0.6 is 0 Å². The summed E-state index contributed by atoms with van der Waals surface area (Å²) in [6.07, 6.45) is 2.47. The fourth-order valence-corrected chi connectivity index (χ4v) is 3.82. The molecule has 1 aliphatic heterocycles. The molecule has 1 fully saturated rings. The van der Waals surface area contributed by atoms with Gasteiger partial charge in [-0.15, -0.1) is 0 Å². The van der Waals surface area contributed by atoms with Crippen molar-refractivity contribution in [3.63, 3.8) is 0 Å². The van der Waals surface area contributed by atoms with Crippen molar-refractivity contribution in [2.45, 2.75) is 32.2 Å². The monoisotopic (exact) mass is 372 g/mol. The van der Waals surface area contributed by atoms with Crippen molar-refractivity contribution < 1.29 is 9.59 Å². The topological polar surface area (TPSA) is 49.4 Å². The molecule has 2 amide bonds.